The van der Waals surface area contributed by atoms with E-state index in [9.17, 15) is 9.59 Å². The number of benzene rings is 1. The van der Waals surface area contributed by atoms with Crippen LogP contribution in [-0.2, 0) is 14.3 Å². The predicted molar refractivity (Wildman–Crippen MR) is 95.4 cm³/mol. The Labute approximate surface area is 152 Å². The molecular weight excluding hydrogens is 344 g/mol. The van der Waals surface area contributed by atoms with Gasteiger partial charge in [-0.05, 0) is 43.5 Å². The monoisotopic (exact) mass is 366 g/mol. The van der Waals surface area contributed by atoms with E-state index in [1.807, 2.05) is 0 Å². The molecule has 7 heteroatoms. The van der Waals surface area contributed by atoms with E-state index < -0.39 is 0 Å². The third kappa shape index (κ3) is 7.58. The maximum absolute atomic E-state index is 11.8. The van der Waals surface area contributed by atoms with Crippen LogP contribution in [-0.4, -0.2) is 37.7 Å². The maximum atomic E-state index is 11.8. The number of ether oxygens (including phenoxy) is 2. The topological polar surface area (TPSA) is 76.7 Å². The number of rotatable bonds is 10. The highest BCUT2D eigenvalue weighted by atomic mass is 35.5. The zero-order valence-electron chi connectivity index (χ0n) is 14.1. The summed E-state index contributed by atoms with van der Waals surface area (Å²) in [4.78, 5) is 23.4. The third-order valence-corrected chi connectivity index (χ3v) is 4.00. The van der Waals surface area contributed by atoms with Gasteiger partial charge < -0.3 is 20.1 Å². The van der Waals surface area contributed by atoms with E-state index >= 15 is 0 Å². The van der Waals surface area contributed by atoms with Gasteiger partial charge >= 0.3 is 0 Å². The smallest absolute Gasteiger partial charge is 0.262 e. The van der Waals surface area contributed by atoms with Crippen molar-refractivity contribution < 1.29 is 19.1 Å². The summed E-state index contributed by atoms with van der Waals surface area (Å²) in [6, 6.07) is 6.74. The van der Waals surface area contributed by atoms with Crippen molar-refractivity contribution in [3.05, 3.63) is 41.6 Å². The Morgan fingerprint density at radius 1 is 1.16 bits per heavy atom. The van der Waals surface area contributed by atoms with Crippen molar-refractivity contribution in [1.29, 1.82) is 0 Å². The minimum Gasteiger partial charge on any atom is -0.484 e. The number of nitrogens with one attached hydrogen (secondary N) is 2. The average molecular weight is 367 g/mol. The number of amides is 2. The lowest BCUT2D eigenvalue weighted by molar-refractivity contribution is -0.129. The highest BCUT2D eigenvalue weighted by Gasteiger charge is 2.18. The van der Waals surface area contributed by atoms with E-state index in [0.717, 1.165) is 12.8 Å². The molecule has 0 heterocycles. The molecule has 0 saturated heterocycles. The Hall–Kier alpha value is -2.05. The van der Waals surface area contributed by atoms with Crippen molar-refractivity contribution in [2.24, 2.45) is 0 Å². The van der Waals surface area contributed by atoms with E-state index in [-0.39, 0.29) is 31.1 Å². The zero-order chi connectivity index (χ0) is 18.1. The molecule has 1 fully saturated rings. The molecule has 25 heavy (non-hydrogen) atoms. The lowest BCUT2D eigenvalue weighted by Gasteiger charge is -2.25. The second-order valence-electron chi connectivity index (χ2n) is 5.86. The number of carbonyl (C=O) groups is 2. The molecule has 6 nitrogen and oxygen atoms in total. The van der Waals surface area contributed by atoms with Gasteiger partial charge in [-0.15, -0.1) is 0 Å². The maximum Gasteiger partial charge on any atom is 0.262 e. The first-order valence-corrected chi connectivity index (χ1v) is 8.65. The SMILES string of the molecule is C=C(CCNC(=O)COC1CCC1)NC(=O)COc1ccc(Cl)cc1. The minimum absolute atomic E-state index is 0.0818. The van der Waals surface area contributed by atoms with Crippen molar-refractivity contribution in [1.82, 2.24) is 10.6 Å². The summed E-state index contributed by atoms with van der Waals surface area (Å²) in [5, 5.41) is 5.97. The molecule has 0 radical (unpaired) electrons. The Balaban J connectivity index is 1.53. The first-order valence-electron chi connectivity index (χ1n) is 8.27. The van der Waals surface area contributed by atoms with Gasteiger partial charge in [0.05, 0.1) is 6.10 Å². The first kappa shape index (κ1) is 19.3. The molecule has 0 bridgehead atoms. The van der Waals surface area contributed by atoms with E-state index in [0.29, 0.717) is 29.4 Å². The molecule has 0 aliphatic heterocycles. The summed E-state index contributed by atoms with van der Waals surface area (Å²) in [6.07, 6.45) is 3.93. The van der Waals surface area contributed by atoms with Crippen LogP contribution < -0.4 is 15.4 Å². The molecule has 0 spiro atoms. The summed E-state index contributed by atoms with van der Waals surface area (Å²) in [6.45, 7) is 4.12. The van der Waals surface area contributed by atoms with Gasteiger partial charge in [-0.25, -0.2) is 0 Å². The standard InChI is InChI=1S/C18H23ClN2O4/c1-13(9-10-20-17(22)11-24-15-3-2-4-15)21-18(23)12-25-16-7-5-14(19)6-8-16/h5-8,15H,1-4,9-12H2,(H,20,22)(H,21,23). The van der Waals surface area contributed by atoms with Gasteiger partial charge in [0.1, 0.15) is 12.4 Å². The number of carbonyl (C=O) groups excluding carboxylic acids is 2. The molecule has 0 unspecified atom stereocenters. The summed E-state index contributed by atoms with van der Waals surface area (Å²) in [5.41, 5.74) is 0.518. The molecule has 1 aromatic rings. The van der Waals surface area contributed by atoms with E-state index in [4.69, 9.17) is 21.1 Å². The molecule has 0 atom stereocenters. The fraction of sp³-hybridized carbons (Fsp3) is 0.444. The van der Waals surface area contributed by atoms with Gasteiger partial charge in [-0.3, -0.25) is 9.59 Å². The average Bonchev–Trinajstić information content (AvgIpc) is 2.53. The van der Waals surface area contributed by atoms with Crippen LogP contribution in [0.3, 0.4) is 0 Å². The second kappa shape index (κ2) is 10.1. The molecule has 1 aliphatic rings. The van der Waals surface area contributed by atoms with Crippen LogP contribution in [0.1, 0.15) is 25.7 Å². The molecule has 0 aromatic heterocycles. The Morgan fingerprint density at radius 2 is 1.88 bits per heavy atom. The highest BCUT2D eigenvalue weighted by Crippen LogP contribution is 2.21. The molecule has 2 amide bonds. The van der Waals surface area contributed by atoms with Crippen molar-refractivity contribution in [3.63, 3.8) is 0 Å². The normalized spacial score (nSPS) is 13.6. The van der Waals surface area contributed by atoms with Gasteiger partial charge in [0.25, 0.3) is 5.91 Å². The molecule has 2 N–H and O–H groups in total. The van der Waals surface area contributed by atoms with Crippen molar-refractivity contribution in [3.8, 4) is 5.75 Å². The second-order valence-corrected chi connectivity index (χ2v) is 6.29. The molecule has 1 aliphatic carbocycles. The van der Waals surface area contributed by atoms with Crippen LogP contribution in [0.2, 0.25) is 5.02 Å². The highest BCUT2D eigenvalue weighted by molar-refractivity contribution is 6.30. The van der Waals surface area contributed by atoms with Gasteiger partial charge in [0.2, 0.25) is 5.91 Å². The third-order valence-electron chi connectivity index (χ3n) is 3.75. The van der Waals surface area contributed by atoms with Crippen molar-refractivity contribution in [2.75, 3.05) is 19.8 Å². The number of hydrogen-bond acceptors (Lipinski definition) is 4. The summed E-state index contributed by atoms with van der Waals surface area (Å²) in [7, 11) is 0. The fourth-order valence-electron chi connectivity index (χ4n) is 2.11. The van der Waals surface area contributed by atoms with Gasteiger partial charge in [-0.2, -0.15) is 0 Å². The van der Waals surface area contributed by atoms with Crippen LogP contribution in [0.4, 0.5) is 0 Å². The molecule has 1 aromatic carbocycles. The van der Waals surface area contributed by atoms with Crippen LogP contribution in [0.25, 0.3) is 0 Å². The minimum atomic E-state index is -0.306. The molecule has 1 saturated carbocycles. The van der Waals surface area contributed by atoms with Crippen LogP contribution in [0, 0.1) is 0 Å². The Kier molecular flexibility index (Phi) is 7.76. The Bertz CT molecular complexity index is 600. The Morgan fingerprint density at radius 3 is 2.52 bits per heavy atom. The molecular formula is C18H23ClN2O4. The van der Waals surface area contributed by atoms with Crippen molar-refractivity contribution in [2.45, 2.75) is 31.8 Å². The summed E-state index contributed by atoms with van der Waals surface area (Å²) in [5.74, 6) is 0.0978. The summed E-state index contributed by atoms with van der Waals surface area (Å²) < 4.78 is 10.8. The quantitative estimate of drug-likeness (QED) is 0.666. The van der Waals surface area contributed by atoms with Crippen LogP contribution >= 0.6 is 11.6 Å². The lowest BCUT2D eigenvalue weighted by Crippen LogP contribution is -2.34. The lowest BCUT2D eigenvalue weighted by atomic mass is 9.96. The molecule has 136 valence electrons. The predicted octanol–water partition coefficient (Wildman–Crippen LogP) is 2.42. The van der Waals surface area contributed by atoms with Gasteiger partial charge in [0.15, 0.2) is 6.61 Å². The van der Waals surface area contributed by atoms with Crippen LogP contribution in [0.15, 0.2) is 36.5 Å². The van der Waals surface area contributed by atoms with E-state index in [1.54, 1.807) is 24.3 Å². The molecule has 2 rings (SSSR count). The van der Waals surface area contributed by atoms with Gasteiger partial charge in [-0.1, -0.05) is 18.2 Å². The zero-order valence-corrected chi connectivity index (χ0v) is 14.8. The number of halogens is 1. The summed E-state index contributed by atoms with van der Waals surface area (Å²) >= 11 is 5.78. The van der Waals surface area contributed by atoms with Crippen LogP contribution in [0.5, 0.6) is 5.75 Å². The van der Waals surface area contributed by atoms with E-state index in [2.05, 4.69) is 17.2 Å². The van der Waals surface area contributed by atoms with Crippen molar-refractivity contribution >= 4 is 23.4 Å². The largest absolute Gasteiger partial charge is 0.484 e. The first-order chi connectivity index (χ1) is 12.0. The van der Waals surface area contributed by atoms with Gasteiger partial charge in [0, 0.05) is 23.7 Å². The van der Waals surface area contributed by atoms with E-state index in [1.165, 1.54) is 6.42 Å². The number of hydrogen-bond donors (Lipinski definition) is 2. The fourth-order valence-corrected chi connectivity index (χ4v) is 2.24.